The van der Waals surface area contributed by atoms with E-state index in [1.54, 1.807) is 5.38 Å². The van der Waals surface area contributed by atoms with Crippen molar-refractivity contribution in [1.29, 1.82) is 0 Å². The van der Waals surface area contributed by atoms with Crippen molar-refractivity contribution in [2.45, 2.75) is 0 Å². The van der Waals surface area contributed by atoms with Crippen molar-refractivity contribution in [3.05, 3.63) is 23.7 Å². The van der Waals surface area contributed by atoms with Crippen molar-refractivity contribution < 1.29 is 14.4 Å². The van der Waals surface area contributed by atoms with Gasteiger partial charge in [0.05, 0.1) is 7.11 Å². The van der Waals surface area contributed by atoms with Crippen LogP contribution in [0, 0.1) is 0 Å². The standard InChI is InChI=1S/C9H11N3O3S/c1-3-4-15-12-7(8(13)14-2)6-5-16-9(10)11-6/h3,5H,1,4H2,2H3,(H2,10,11). The molecule has 0 aliphatic carbocycles. The molecule has 0 fully saturated rings. The van der Waals surface area contributed by atoms with Gasteiger partial charge in [0.1, 0.15) is 12.3 Å². The highest BCUT2D eigenvalue weighted by molar-refractivity contribution is 7.13. The van der Waals surface area contributed by atoms with E-state index in [1.807, 2.05) is 0 Å². The fourth-order valence-corrected chi connectivity index (χ4v) is 1.38. The third-order valence-corrected chi connectivity index (χ3v) is 2.17. The molecule has 0 saturated carbocycles. The third kappa shape index (κ3) is 3.06. The van der Waals surface area contributed by atoms with E-state index in [9.17, 15) is 4.79 Å². The van der Waals surface area contributed by atoms with E-state index in [0.29, 0.717) is 10.8 Å². The summed E-state index contributed by atoms with van der Waals surface area (Å²) >= 11 is 1.20. The number of rotatable bonds is 5. The van der Waals surface area contributed by atoms with Crippen molar-refractivity contribution in [1.82, 2.24) is 4.98 Å². The van der Waals surface area contributed by atoms with E-state index in [2.05, 4.69) is 21.5 Å². The second kappa shape index (κ2) is 5.86. The lowest BCUT2D eigenvalue weighted by atomic mass is 10.3. The van der Waals surface area contributed by atoms with Gasteiger partial charge in [0, 0.05) is 5.38 Å². The van der Waals surface area contributed by atoms with Crippen molar-refractivity contribution in [3.63, 3.8) is 0 Å². The fourth-order valence-electron chi connectivity index (χ4n) is 0.836. The maximum atomic E-state index is 11.4. The summed E-state index contributed by atoms with van der Waals surface area (Å²) in [5, 5.41) is 5.57. The average molecular weight is 241 g/mol. The highest BCUT2D eigenvalue weighted by Gasteiger charge is 2.18. The number of anilines is 1. The Labute approximate surface area is 96.4 Å². The monoisotopic (exact) mass is 241 g/mol. The molecule has 0 bridgehead atoms. The number of oxime groups is 1. The number of esters is 1. The number of ether oxygens (including phenoxy) is 1. The van der Waals surface area contributed by atoms with Crippen molar-refractivity contribution in [2.75, 3.05) is 19.5 Å². The average Bonchev–Trinajstić information content (AvgIpc) is 2.70. The summed E-state index contributed by atoms with van der Waals surface area (Å²) in [6.07, 6.45) is 1.51. The normalized spacial score (nSPS) is 10.9. The molecule has 0 aromatic carbocycles. The molecule has 0 spiro atoms. The number of nitrogen functional groups attached to an aromatic ring is 1. The number of nitrogens with two attached hydrogens (primary N) is 1. The molecule has 7 heteroatoms. The van der Waals surface area contributed by atoms with Crippen LogP contribution in [0.3, 0.4) is 0 Å². The van der Waals surface area contributed by atoms with E-state index in [4.69, 9.17) is 10.6 Å². The quantitative estimate of drug-likeness (QED) is 0.271. The highest BCUT2D eigenvalue weighted by Crippen LogP contribution is 2.12. The molecule has 86 valence electrons. The Balaban J connectivity index is 2.91. The number of carbonyl (C=O) groups excluding carboxylic acids is 1. The fraction of sp³-hybridized carbons (Fsp3) is 0.222. The molecule has 1 heterocycles. The lowest BCUT2D eigenvalue weighted by Crippen LogP contribution is -2.18. The molecule has 1 rings (SSSR count). The van der Waals surface area contributed by atoms with Crippen LogP contribution >= 0.6 is 11.3 Å². The topological polar surface area (TPSA) is 86.8 Å². The zero-order valence-electron chi connectivity index (χ0n) is 8.67. The maximum absolute atomic E-state index is 11.4. The van der Waals surface area contributed by atoms with Gasteiger partial charge in [0.2, 0.25) is 5.71 Å². The molecular weight excluding hydrogens is 230 g/mol. The third-order valence-electron chi connectivity index (χ3n) is 1.49. The van der Waals surface area contributed by atoms with E-state index in [-0.39, 0.29) is 12.3 Å². The summed E-state index contributed by atoms with van der Waals surface area (Å²) in [5.74, 6) is -0.630. The van der Waals surface area contributed by atoms with E-state index in [0.717, 1.165) is 0 Å². The smallest absolute Gasteiger partial charge is 0.362 e. The second-order valence-corrected chi connectivity index (χ2v) is 3.48. The van der Waals surface area contributed by atoms with E-state index >= 15 is 0 Å². The van der Waals surface area contributed by atoms with Gasteiger partial charge < -0.3 is 15.3 Å². The Hall–Kier alpha value is -1.89. The molecule has 0 amide bonds. The van der Waals surface area contributed by atoms with Gasteiger partial charge in [-0.05, 0) is 0 Å². The number of hydrogen-bond acceptors (Lipinski definition) is 7. The lowest BCUT2D eigenvalue weighted by Gasteiger charge is -2.00. The van der Waals surface area contributed by atoms with Crippen LogP contribution in [-0.4, -0.2) is 30.4 Å². The number of thiazole rings is 1. The minimum atomic E-state index is -0.630. The van der Waals surface area contributed by atoms with Gasteiger partial charge in [0.15, 0.2) is 5.13 Å². The minimum Gasteiger partial charge on any atom is -0.464 e. The molecule has 0 atom stereocenters. The summed E-state index contributed by atoms with van der Waals surface area (Å²) in [7, 11) is 1.25. The SMILES string of the molecule is C=CCON=C(C(=O)OC)c1csc(N)n1. The number of nitrogens with zero attached hydrogens (tertiary/aromatic N) is 2. The molecular formula is C9H11N3O3S. The Morgan fingerprint density at radius 2 is 2.56 bits per heavy atom. The van der Waals surface area contributed by atoms with Crippen molar-refractivity contribution in [2.24, 2.45) is 5.16 Å². The Morgan fingerprint density at radius 3 is 3.06 bits per heavy atom. The Morgan fingerprint density at radius 1 is 1.81 bits per heavy atom. The van der Waals surface area contributed by atoms with Gasteiger partial charge in [-0.15, -0.1) is 11.3 Å². The van der Waals surface area contributed by atoms with E-state index < -0.39 is 5.97 Å². The molecule has 0 radical (unpaired) electrons. The molecule has 6 nitrogen and oxygen atoms in total. The van der Waals surface area contributed by atoms with Crippen LogP contribution < -0.4 is 5.73 Å². The summed E-state index contributed by atoms with van der Waals surface area (Å²) in [4.78, 5) is 20.1. The van der Waals surface area contributed by atoms with Crippen LogP contribution in [0.1, 0.15) is 5.69 Å². The molecule has 1 aromatic heterocycles. The van der Waals surface area contributed by atoms with Gasteiger partial charge in [-0.1, -0.05) is 17.8 Å². The van der Waals surface area contributed by atoms with Gasteiger partial charge in [-0.25, -0.2) is 9.78 Å². The zero-order valence-corrected chi connectivity index (χ0v) is 9.49. The largest absolute Gasteiger partial charge is 0.464 e. The van der Waals surface area contributed by atoms with E-state index in [1.165, 1.54) is 24.5 Å². The van der Waals surface area contributed by atoms with Crippen LogP contribution in [0.4, 0.5) is 5.13 Å². The summed E-state index contributed by atoms with van der Waals surface area (Å²) in [6, 6.07) is 0. The summed E-state index contributed by atoms with van der Waals surface area (Å²) in [5.41, 5.74) is 5.77. The van der Waals surface area contributed by atoms with Crippen LogP contribution in [0.25, 0.3) is 0 Å². The predicted octanol–water partition coefficient (Wildman–Crippen LogP) is 0.805. The Bertz CT molecular complexity index is 414. The van der Waals surface area contributed by atoms with Crippen molar-refractivity contribution in [3.8, 4) is 0 Å². The summed E-state index contributed by atoms with van der Waals surface area (Å²) < 4.78 is 4.55. The van der Waals surface area contributed by atoms with Crippen LogP contribution in [0.5, 0.6) is 0 Å². The maximum Gasteiger partial charge on any atom is 0.362 e. The number of carbonyl (C=O) groups is 1. The first kappa shape index (κ1) is 12.2. The Kier molecular flexibility index (Phi) is 4.46. The highest BCUT2D eigenvalue weighted by atomic mass is 32.1. The lowest BCUT2D eigenvalue weighted by molar-refractivity contribution is -0.132. The number of methoxy groups -OCH3 is 1. The molecule has 1 aromatic rings. The zero-order chi connectivity index (χ0) is 12.0. The van der Waals surface area contributed by atoms with Crippen LogP contribution in [0.15, 0.2) is 23.2 Å². The van der Waals surface area contributed by atoms with Gasteiger partial charge >= 0.3 is 5.97 Å². The first-order valence-corrected chi connectivity index (χ1v) is 5.17. The first-order chi connectivity index (χ1) is 7.69. The molecule has 0 aliphatic heterocycles. The molecule has 2 N–H and O–H groups in total. The van der Waals surface area contributed by atoms with Crippen molar-refractivity contribution >= 4 is 28.1 Å². The predicted molar refractivity (Wildman–Crippen MR) is 61.2 cm³/mol. The second-order valence-electron chi connectivity index (χ2n) is 2.59. The van der Waals surface area contributed by atoms with Crippen LogP contribution in [-0.2, 0) is 14.4 Å². The number of hydrogen-bond donors (Lipinski definition) is 1. The first-order valence-electron chi connectivity index (χ1n) is 4.29. The molecule has 0 aliphatic rings. The van der Waals surface area contributed by atoms with Gasteiger partial charge in [0.25, 0.3) is 0 Å². The van der Waals surface area contributed by atoms with Gasteiger partial charge in [-0.3, -0.25) is 0 Å². The molecule has 16 heavy (non-hydrogen) atoms. The summed E-state index contributed by atoms with van der Waals surface area (Å²) in [6.45, 7) is 3.65. The number of aromatic nitrogens is 1. The minimum absolute atomic E-state index is 0.0164. The molecule has 0 unspecified atom stereocenters. The van der Waals surface area contributed by atoms with Crippen LogP contribution in [0.2, 0.25) is 0 Å². The van der Waals surface area contributed by atoms with Gasteiger partial charge in [-0.2, -0.15) is 0 Å². The molecule has 0 saturated heterocycles.